The maximum atomic E-state index is 11.7. The number of benzene rings is 1. The van der Waals surface area contributed by atoms with Crippen molar-refractivity contribution in [2.45, 2.75) is 24.8 Å². The van der Waals surface area contributed by atoms with Gasteiger partial charge in [0.1, 0.15) is 0 Å². The molecule has 1 aromatic rings. The highest BCUT2D eigenvalue weighted by atomic mass is 32.2. The van der Waals surface area contributed by atoms with Crippen molar-refractivity contribution in [1.82, 2.24) is 10.0 Å². The van der Waals surface area contributed by atoms with Crippen LogP contribution in [-0.2, 0) is 21.4 Å². The minimum absolute atomic E-state index is 0.119. The molecule has 0 aliphatic heterocycles. The Kier molecular flexibility index (Phi) is 5.94. The maximum Gasteiger partial charge on any atom is 0.240 e. The third-order valence-corrected chi connectivity index (χ3v) is 3.99. The molecule has 4 N–H and O–H groups in total. The van der Waals surface area contributed by atoms with Gasteiger partial charge in [0.25, 0.3) is 0 Å². The van der Waals surface area contributed by atoms with Crippen LogP contribution in [0.25, 0.3) is 0 Å². The molecule has 0 aliphatic carbocycles. The van der Waals surface area contributed by atoms with Gasteiger partial charge in [-0.3, -0.25) is 4.79 Å². The second-order valence-corrected chi connectivity index (χ2v) is 5.73. The van der Waals surface area contributed by atoms with Gasteiger partial charge >= 0.3 is 0 Å². The molecule has 0 saturated carbocycles. The van der Waals surface area contributed by atoms with Crippen LogP contribution in [0.15, 0.2) is 29.2 Å². The zero-order valence-electron chi connectivity index (χ0n) is 10.8. The number of nitrogens with two attached hydrogens (primary N) is 1. The smallest absolute Gasteiger partial charge is 0.240 e. The van der Waals surface area contributed by atoms with Crippen LogP contribution in [0.5, 0.6) is 0 Å². The topological polar surface area (TPSA) is 101 Å². The van der Waals surface area contributed by atoms with Crippen molar-refractivity contribution in [3.8, 4) is 0 Å². The Labute approximate surface area is 113 Å². The minimum Gasteiger partial charge on any atom is -0.352 e. The molecule has 0 unspecified atom stereocenters. The summed E-state index contributed by atoms with van der Waals surface area (Å²) >= 11 is 0. The van der Waals surface area contributed by atoms with Crippen LogP contribution in [0.1, 0.15) is 18.9 Å². The zero-order valence-corrected chi connectivity index (χ0v) is 11.7. The molecule has 0 heterocycles. The first-order chi connectivity index (χ1) is 8.99. The molecule has 1 aromatic carbocycles. The predicted molar refractivity (Wildman–Crippen MR) is 72.8 cm³/mol. The van der Waals surface area contributed by atoms with Gasteiger partial charge < -0.3 is 11.1 Å². The summed E-state index contributed by atoms with van der Waals surface area (Å²) in [6, 6.07) is 6.38. The Morgan fingerprint density at radius 3 is 2.42 bits per heavy atom. The molecule has 0 atom stereocenters. The van der Waals surface area contributed by atoms with Crippen LogP contribution in [0, 0.1) is 0 Å². The van der Waals surface area contributed by atoms with E-state index < -0.39 is 10.0 Å². The van der Waals surface area contributed by atoms with Crippen LogP contribution in [0.3, 0.4) is 0 Å². The second kappa shape index (κ2) is 7.22. The van der Waals surface area contributed by atoms with Gasteiger partial charge in [0.2, 0.25) is 15.9 Å². The van der Waals surface area contributed by atoms with E-state index in [9.17, 15) is 13.2 Å². The first-order valence-electron chi connectivity index (χ1n) is 6.05. The van der Waals surface area contributed by atoms with Crippen molar-refractivity contribution in [3.63, 3.8) is 0 Å². The van der Waals surface area contributed by atoms with Crippen molar-refractivity contribution in [2.75, 3.05) is 13.1 Å². The van der Waals surface area contributed by atoms with E-state index in [-0.39, 0.29) is 17.2 Å². The van der Waals surface area contributed by atoms with Gasteiger partial charge in [0, 0.05) is 26.1 Å². The fourth-order valence-electron chi connectivity index (χ4n) is 1.48. The Bertz CT molecular complexity index is 512. The summed E-state index contributed by atoms with van der Waals surface area (Å²) in [7, 11) is -3.42. The lowest BCUT2D eigenvalue weighted by Gasteiger charge is -2.07. The summed E-state index contributed by atoms with van der Waals surface area (Å²) in [6.45, 7) is 2.74. The van der Waals surface area contributed by atoms with Gasteiger partial charge in [-0.15, -0.1) is 0 Å². The van der Waals surface area contributed by atoms with Gasteiger partial charge in [-0.1, -0.05) is 19.1 Å². The zero-order chi connectivity index (χ0) is 14.3. The first kappa shape index (κ1) is 15.6. The van der Waals surface area contributed by atoms with Crippen LogP contribution >= 0.6 is 0 Å². The van der Waals surface area contributed by atoms with Gasteiger partial charge in [-0.2, -0.15) is 0 Å². The van der Waals surface area contributed by atoms with Crippen LogP contribution in [-0.4, -0.2) is 27.4 Å². The van der Waals surface area contributed by atoms with Crippen molar-refractivity contribution < 1.29 is 13.2 Å². The molecule has 0 bridgehead atoms. The molecule has 0 spiro atoms. The van der Waals surface area contributed by atoms with Gasteiger partial charge in [-0.25, -0.2) is 13.1 Å². The molecule has 0 aromatic heterocycles. The summed E-state index contributed by atoms with van der Waals surface area (Å²) in [4.78, 5) is 11.4. The molecule has 0 aliphatic rings. The number of amides is 1. The van der Waals surface area contributed by atoms with Gasteiger partial charge in [0.05, 0.1) is 4.90 Å². The number of carbonyl (C=O) groups excluding carboxylic acids is 1. The van der Waals surface area contributed by atoms with E-state index in [1.807, 2.05) is 0 Å². The number of nitrogens with one attached hydrogen (secondary N) is 2. The molecule has 0 fully saturated rings. The van der Waals surface area contributed by atoms with Crippen LogP contribution in [0.2, 0.25) is 0 Å². The molecule has 106 valence electrons. The molecule has 7 heteroatoms. The third-order valence-electron chi connectivity index (χ3n) is 2.43. The average molecular weight is 285 g/mol. The van der Waals surface area contributed by atoms with Crippen molar-refractivity contribution in [2.24, 2.45) is 5.73 Å². The number of carbonyl (C=O) groups is 1. The summed E-state index contributed by atoms with van der Waals surface area (Å²) < 4.78 is 25.8. The Morgan fingerprint density at radius 2 is 1.89 bits per heavy atom. The number of sulfonamides is 1. The standard InChI is InChI=1S/C12H19N3O3S/c1-2-15-19(17,18)11-5-3-10(4-6-11)9-14-12(16)7-8-13/h3-6,15H,2,7-9,13H2,1H3,(H,14,16). The summed E-state index contributed by atoms with van der Waals surface area (Å²) in [5, 5.41) is 2.70. The molecular formula is C12H19N3O3S. The molecule has 0 radical (unpaired) electrons. The highest BCUT2D eigenvalue weighted by Gasteiger charge is 2.11. The Hall–Kier alpha value is -1.44. The van der Waals surface area contributed by atoms with E-state index in [0.717, 1.165) is 5.56 Å². The lowest BCUT2D eigenvalue weighted by atomic mass is 10.2. The highest BCUT2D eigenvalue weighted by molar-refractivity contribution is 7.89. The molecule has 19 heavy (non-hydrogen) atoms. The van der Waals surface area contributed by atoms with E-state index in [0.29, 0.717) is 19.6 Å². The first-order valence-corrected chi connectivity index (χ1v) is 7.53. The highest BCUT2D eigenvalue weighted by Crippen LogP contribution is 2.10. The quantitative estimate of drug-likeness (QED) is 0.653. The van der Waals surface area contributed by atoms with E-state index in [1.165, 1.54) is 12.1 Å². The van der Waals surface area contributed by atoms with Crippen LogP contribution < -0.4 is 15.8 Å². The third kappa shape index (κ3) is 4.98. The molecule has 1 rings (SSSR count). The minimum atomic E-state index is -3.42. The predicted octanol–water partition coefficient (Wildman–Crippen LogP) is -0.0502. The van der Waals surface area contributed by atoms with E-state index >= 15 is 0 Å². The monoisotopic (exact) mass is 285 g/mol. The lowest BCUT2D eigenvalue weighted by Crippen LogP contribution is -2.25. The molecule has 1 amide bonds. The van der Waals surface area contributed by atoms with E-state index in [2.05, 4.69) is 10.0 Å². The second-order valence-electron chi connectivity index (χ2n) is 3.96. The van der Waals surface area contributed by atoms with Gasteiger partial charge in [-0.05, 0) is 17.7 Å². The van der Waals surface area contributed by atoms with Gasteiger partial charge in [0.15, 0.2) is 0 Å². The average Bonchev–Trinajstić information content (AvgIpc) is 2.37. The Balaban J connectivity index is 2.64. The summed E-state index contributed by atoms with van der Waals surface area (Å²) in [5.41, 5.74) is 6.09. The SMILES string of the molecule is CCNS(=O)(=O)c1ccc(CNC(=O)CCN)cc1. The van der Waals surface area contributed by atoms with Crippen molar-refractivity contribution >= 4 is 15.9 Å². The van der Waals surface area contributed by atoms with Crippen molar-refractivity contribution in [3.05, 3.63) is 29.8 Å². The lowest BCUT2D eigenvalue weighted by molar-refractivity contribution is -0.121. The van der Waals surface area contributed by atoms with Crippen molar-refractivity contribution in [1.29, 1.82) is 0 Å². The number of hydrogen-bond acceptors (Lipinski definition) is 4. The van der Waals surface area contributed by atoms with E-state index in [4.69, 9.17) is 5.73 Å². The molecule has 6 nitrogen and oxygen atoms in total. The number of hydrogen-bond donors (Lipinski definition) is 3. The van der Waals surface area contributed by atoms with Crippen LogP contribution in [0.4, 0.5) is 0 Å². The summed E-state index contributed by atoms with van der Waals surface area (Å²) in [5.74, 6) is -0.119. The Morgan fingerprint density at radius 1 is 1.26 bits per heavy atom. The number of rotatable bonds is 7. The fourth-order valence-corrected chi connectivity index (χ4v) is 2.52. The summed E-state index contributed by atoms with van der Waals surface area (Å²) in [6.07, 6.45) is 0.285. The maximum absolute atomic E-state index is 11.7. The van der Waals surface area contributed by atoms with E-state index in [1.54, 1.807) is 19.1 Å². The molecule has 0 saturated heterocycles. The molecular weight excluding hydrogens is 266 g/mol. The fraction of sp³-hybridized carbons (Fsp3) is 0.417. The normalized spacial score (nSPS) is 11.3. The largest absolute Gasteiger partial charge is 0.352 e.